The average Bonchev–Trinajstić information content (AvgIpc) is 2.65. The molecule has 0 fully saturated rings. The fraction of sp³-hybridized carbons (Fsp3) is 0.0455. The van der Waals surface area contributed by atoms with E-state index < -0.39 is 25.7 Å². The van der Waals surface area contributed by atoms with Crippen LogP contribution in [0.15, 0.2) is 103 Å². The molecule has 0 heterocycles. The first-order valence-corrected chi connectivity index (χ1v) is 12.3. The Morgan fingerprint density at radius 2 is 0.960 bits per heavy atom. The first-order valence-electron chi connectivity index (χ1n) is 8.01. The van der Waals surface area contributed by atoms with Crippen molar-refractivity contribution in [2.75, 3.05) is 0 Å². The third kappa shape index (κ3) is 5.91. The van der Waals surface area contributed by atoms with Gasteiger partial charge in [0.25, 0.3) is 0 Å². The van der Waals surface area contributed by atoms with Crippen LogP contribution in [0, 0.1) is 0 Å². The van der Waals surface area contributed by atoms with Gasteiger partial charge in [-0.25, -0.2) is 4.79 Å². The molecule has 1 N–H and O–H groups in total. The number of benzene rings is 3. The zero-order valence-corrected chi connectivity index (χ0v) is 17.1. The molecule has 3 rings (SSSR count). The number of carbonyl (C=O) groups is 1. The Morgan fingerprint density at radius 3 is 1.16 bits per heavy atom. The SMILES string of the molecule is C=C(C)C(=O)O.c1cc[c]([Sn]([c]2ccccc2)[c]2ccccc2)cc1. The van der Waals surface area contributed by atoms with Crippen LogP contribution in [-0.4, -0.2) is 30.8 Å². The van der Waals surface area contributed by atoms with Gasteiger partial charge in [-0.1, -0.05) is 6.58 Å². The number of hydrogen-bond donors (Lipinski definition) is 1. The van der Waals surface area contributed by atoms with E-state index in [0.717, 1.165) is 0 Å². The molecular weight excluding hydrogens is 415 g/mol. The van der Waals surface area contributed by atoms with E-state index >= 15 is 0 Å². The molecule has 0 aliphatic carbocycles. The van der Waals surface area contributed by atoms with Crippen molar-refractivity contribution in [1.29, 1.82) is 0 Å². The second kappa shape index (κ2) is 9.84. The van der Waals surface area contributed by atoms with Crippen LogP contribution < -0.4 is 10.7 Å². The average molecular weight is 436 g/mol. The summed E-state index contributed by atoms with van der Waals surface area (Å²) in [7, 11) is 0. The van der Waals surface area contributed by atoms with Gasteiger partial charge in [0.05, 0.1) is 0 Å². The second-order valence-corrected chi connectivity index (χ2v) is 12.6. The van der Waals surface area contributed by atoms with Crippen LogP contribution in [0.25, 0.3) is 0 Å². The summed E-state index contributed by atoms with van der Waals surface area (Å²) in [6, 6.07) is 32.9. The molecule has 125 valence electrons. The van der Waals surface area contributed by atoms with Gasteiger partial charge in [0.2, 0.25) is 0 Å². The molecular formula is C22H21O2Sn. The molecule has 2 nitrogen and oxygen atoms in total. The monoisotopic (exact) mass is 437 g/mol. The van der Waals surface area contributed by atoms with Gasteiger partial charge in [-0.3, -0.25) is 0 Å². The van der Waals surface area contributed by atoms with E-state index in [1.54, 1.807) is 0 Å². The molecule has 0 saturated carbocycles. The van der Waals surface area contributed by atoms with Crippen molar-refractivity contribution in [3.63, 3.8) is 0 Å². The molecule has 0 saturated heterocycles. The van der Waals surface area contributed by atoms with Crippen molar-refractivity contribution in [1.82, 2.24) is 0 Å². The molecule has 0 spiro atoms. The van der Waals surface area contributed by atoms with Crippen LogP contribution in [0.1, 0.15) is 6.92 Å². The Hall–Kier alpha value is -2.33. The Kier molecular flexibility index (Phi) is 7.48. The number of rotatable bonds is 4. The molecule has 3 aromatic rings. The first kappa shape index (κ1) is 19.0. The summed E-state index contributed by atoms with van der Waals surface area (Å²) in [5.41, 5.74) is 0.176. The molecule has 0 bridgehead atoms. The number of carboxylic acids is 1. The van der Waals surface area contributed by atoms with E-state index in [0.29, 0.717) is 0 Å². The summed E-state index contributed by atoms with van der Waals surface area (Å²) in [5.74, 6) is -0.935. The predicted molar refractivity (Wildman–Crippen MR) is 106 cm³/mol. The summed E-state index contributed by atoms with van der Waals surface area (Å²) >= 11 is -1.98. The van der Waals surface area contributed by atoms with Gasteiger partial charge in [0, 0.05) is 5.57 Å². The molecule has 0 aliphatic heterocycles. The van der Waals surface area contributed by atoms with Gasteiger partial charge in [-0.15, -0.1) is 0 Å². The van der Waals surface area contributed by atoms with Crippen LogP contribution in [0.4, 0.5) is 0 Å². The van der Waals surface area contributed by atoms with Gasteiger partial charge in [0.15, 0.2) is 0 Å². The molecule has 1 radical (unpaired) electrons. The van der Waals surface area contributed by atoms with E-state index in [1.807, 2.05) is 0 Å². The van der Waals surface area contributed by atoms with E-state index in [1.165, 1.54) is 17.7 Å². The van der Waals surface area contributed by atoms with E-state index in [4.69, 9.17) is 5.11 Å². The van der Waals surface area contributed by atoms with Gasteiger partial charge in [-0.05, 0) is 6.92 Å². The standard InChI is InChI=1S/3C6H5.C4H6O2.Sn/c3*1-2-4-6-5-3-1;1-3(2)4(5)6;/h3*1-5H;1H2,2H3,(H,5,6);. The van der Waals surface area contributed by atoms with Crippen LogP contribution in [0.3, 0.4) is 0 Å². The fourth-order valence-electron chi connectivity index (χ4n) is 2.31. The van der Waals surface area contributed by atoms with E-state index in [9.17, 15) is 4.79 Å². The minimum absolute atomic E-state index is 0.176. The fourth-order valence-corrected chi connectivity index (χ4v) is 9.67. The van der Waals surface area contributed by atoms with Gasteiger partial charge in [0.1, 0.15) is 0 Å². The maximum atomic E-state index is 9.60. The van der Waals surface area contributed by atoms with Gasteiger partial charge >= 0.3 is 127 Å². The Bertz CT molecular complexity index is 693. The summed E-state index contributed by atoms with van der Waals surface area (Å²) < 4.78 is 4.59. The third-order valence-electron chi connectivity index (χ3n) is 3.55. The number of hydrogen-bond acceptors (Lipinski definition) is 1. The molecule has 0 aliphatic rings. The molecule has 0 amide bonds. The minimum atomic E-state index is -1.98. The quantitative estimate of drug-likeness (QED) is 0.505. The molecule has 3 aromatic carbocycles. The van der Waals surface area contributed by atoms with Crippen molar-refractivity contribution >= 4 is 36.5 Å². The van der Waals surface area contributed by atoms with Crippen molar-refractivity contribution < 1.29 is 9.90 Å². The molecule has 0 aromatic heterocycles. The zero-order valence-electron chi connectivity index (χ0n) is 14.2. The Morgan fingerprint density at radius 1 is 0.720 bits per heavy atom. The van der Waals surface area contributed by atoms with E-state index in [2.05, 4.69) is 97.6 Å². The Balaban J connectivity index is 0.000000326. The van der Waals surface area contributed by atoms with Crippen molar-refractivity contribution in [2.24, 2.45) is 0 Å². The third-order valence-corrected chi connectivity index (χ3v) is 11.4. The number of carboxylic acid groups (broad SMARTS) is 1. The van der Waals surface area contributed by atoms with Crippen LogP contribution >= 0.6 is 0 Å². The van der Waals surface area contributed by atoms with Crippen LogP contribution in [0.2, 0.25) is 0 Å². The van der Waals surface area contributed by atoms with Crippen molar-refractivity contribution in [3.8, 4) is 0 Å². The predicted octanol–water partition coefficient (Wildman–Crippen LogP) is 2.85. The number of aliphatic carboxylic acids is 1. The van der Waals surface area contributed by atoms with Gasteiger partial charge < -0.3 is 5.11 Å². The second-order valence-electron chi connectivity index (χ2n) is 5.56. The van der Waals surface area contributed by atoms with Crippen molar-refractivity contribution in [3.05, 3.63) is 103 Å². The summed E-state index contributed by atoms with van der Waals surface area (Å²) in [5, 5.41) is 7.89. The van der Waals surface area contributed by atoms with Crippen LogP contribution in [0.5, 0.6) is 0 Å². The summed E-state index contributed by atoms with van der Waals surface area (Å²) in [4.78, 5) is 9.60. The summed E-state index contributed by atoms with van der Waals surface area (Å²) in [6.45, 7) is 4.60. The topological polar surface area (TPSA) is 37.3 Å². The van der Waals surface area contributed by atoms with Crippen LogP contribution in [-0.2, 0) is 4.79 Å². The molecule has 0 atom stereocenters. The van der Waals surface area contributed by atoms with Gasteiger partial charge in [-0.2, -0.15) is 0 Å². The summed E-state index contributed by atoms with van der Waals surface area (Å²) in [6.07, 6.45) is 0. The normalized spacial score (nSPS) is 9.84. The zero-order chi connectivity index (χ0) is 18.1. The molecule has 0 unspecified atom stereocenters. The molecule has 3 heteroatoms. The maximum absolute atomic E-state index is 9.60. The molecule has 25 heavy (non-hydrogen) atoms. The Labute approximate surface area is 156 Å². The van der Waals surface area contributed by atoms with Crippen molar-refractivity contribution in [2.45, 2.75) is 6.92 Å². The van der Waals surface area contributed by atoms with E-state index in [-0.39, 0.29) is 5.57 Å². The first-order chi connectivity index (χ1) is 12.1.